The summed E-state index contributed by atoms with van der Waals surface area (Å²) in [6, 6.07) is -5.25. The van der Waals surface area contributed by atoms with Gasteiger partial charge in [-0.25, -0.2) is 4.79 Å². The maximum atomic E-state index is 12.8. The van der Waals surface area contributed by atoms with Crippen molar-refractivity contribution in [1.82, 2.24) is 16.0 Å². The van der Waals surface area contributed by atoms with Crippen molar-refractivity contribution in [2.75, 3.05) is 6.61 Å². The Labute approximate surface area is 174 Å². The molecule has 5 atom stereocenters. The molecular formula is C18H32N4O8. The van der Waals surface area contributed by atoms with Gasteiger partial charge in [-0.2, -0.15) is 0 Å². The summed E-state index contributed by atoms with van der Waals surface area (Å²) in [4.78, 5) is 59.4. The van der Waals surface area contributed by atoms with Crippen molar-refractivity contribution in [1.29, 1.82) is 0 Å². The van der Waals surface area contributed by atoms with Crippen LogP contribution in [0.1, 0.15) is 40.5 Å². The highest BCUT2D eigenvalue weighted by Crippen LogP contribution is 2.10. The molecule has 172 valence electrons. The zero-order valence-corrected chi connectivity index (χ0v) is 17.5. The molecule has 12 heteroatoms. The fraction of sp³-hybridized carbons (Fsp3) is 0.722. The number of rotatable bonds is 13. The smallest absolute Gasteiger partial charge is 0.328 e. The number of nitrogens with two attached hydrogens (primary N) is 1. The molecule has 0 aromatic rings. The van der Waals surface area contributed by atoms with Gasteiger partial charge in [-0.15, -0.1) is 0 Å². The molecule has 0 aliphatic carbocycles. The van der Waals surface area contributed by atoms with E-state index < -0.39 is 66.9 Å². The van der Waals surface area contributed by atoms with Crippen molar-refractivity contribution in [2.45, 2.75) is 64.7 Å². The van der Waals surface area contributed by atoms with Crippen molar-refractivity contribution in [3.63, 3.8) is 0 Å². The molecule has 0 aliphatic heterocycles. The Morgan fingerprint density at radius 1 is 0.867 bits per heavy atom. The van der Waals surface area contributed by atoms with E-state index in [9.17, 15) is 24.0 Å². The second kappa shape index (κ2) is 12.8. The lowest BCUT2D eigenvalue weighted by Crippen LogP contribution is -2.59. The van der Waals surface area contributed by atoms with Crippen molar-refractivity contribution in [3.05, 3.63) is 0 Å². The average Bonchev–Trinajstić information content (AvgIpc) is 2.66. The minimum absolute atomic E-state index is 0.192. The van der Waals surface area contributed by atoms with Gasteiger partial charge >= 0.3 is 11.9 Å². The van der Waals surface area contributed by atoms with Gasteiger partial charge in [-0.3, -0.25) is 19.2 Å². The zero-order chi connectivity index (χ0) is 23.6. The van der Waals surface area contributed by atoms with E-state index in [-0.39, 0.29) is 11.8 Å². The van der Waals surface area contributed by atoms with Crippen molar-refractivity contribution < 1.29 is 39.3 Å². The summed E-state index contributed by atoms with van der Waals surface area (Å²) in [5.74, 6) is -5.99. The lowest BCUT2D eigenvalue weighted by Gasteiger charge is -2.28. The van der Waals surface area contributed by atoms with Crippen molar-refractivity contribution >= 4 is 29.7 Å². The van der Waals surface area contributed by atoms with Crippen LogP contribution in [0, 0.1) is 11.8 Å². The monoisotopic (exact) mass is 432 g/mol. The zero-order valence-electron chi connectivity index (χ0n) is 17.5. The molecule has 0 aromatic carbocycles. The third kappa shape index (κ3) is 8.74. The average molecular weight is 432 g/mol. The molecule has 0 radical (unpaired) electrons. The molecule has 0 fully saturated rings. The largest absolute Gasteiger partial charge is 0.481 e. The third-order valence-corrected chi connectivity index (χ3v) is 4.62. The molecule has 0 saturated carbocycles. The Morgan fingerprint density at radius 3 is 1.80 bits per heavy atom. The van der Waals surface area contributed by atoms with Crippen LogP contribution in [-0.2, 0) is 24.0 Å². The summed E-state index contributed by atoms with van der Waals surface area (Å²) in [6.07, 6.45) is -0.349. The van der Waals surface area contributed by atoms with Crippen LogP contribution in [0.4, 0.5) is 0 Å². The van der Waals surface area contributed by atoms with Crippen LogP contribution < -0.4 is 21.7 Å². The fourth-order valence-electron chi connectivity index (χ4n) is 2.36. The maximum Gasteiger partial charge on any atom is 0.328 e. The van der Waals surface area contributed by atoms with Gasteiger partial charge in [0.15, 0.2) is 0 Å². The van der Waals surface area contributed by atoms with E-state index in [1.165, 1.54) is 0 Å². The number of amides is 3. The summed E-state index contributed by atoms with van der Waals surface area (Å²) in [5.41, 5.74) is 5.80. The number of aliphatic hydroxyl groups is 1. The van der Waals surface area contributed by atoms with Crippen LogP contribution in [0.2, 0.25) is 0 Å². The van der Waals surface area contributed by atoms with Crippen LogP contribution in [0.3, 0.4) is 0 Å². The number of hydrogen-bond acceptors (Lipinski definition) is 7. The molecule has 0 aromatic heterocycles. The first kappa shape index (κ1) is 27.3. The Balaban J connectivity index is 5.51. The molecule has 0 spiro atoms. The van der Waals surface area contributed by atoms with E-state index in [4.69, 9.17) is 21.1 Å². The third-order valence-electron chi connectivity index (χ3n) is 4.62. The fourth-order valence-corrected chi connectivity index (χ4v) is 2.36. The molecule has 0 saturated heterocycles. The van der Waals surface area contributed by atoms with Gasteiger partial charge in [0.2, 0.25) is 17.7 Å². The number of carbonyl (C=O) groups is 5. The first-order valence-electron chi connectivity index (χ1n) is 9.57. The van der Waals surface area contributed by atoms with Crippen LogP contribution in [-0.4, -0.2) is 75.8 Å². The van der Waals surface area contributed by atoms with Crippen LogP contribution in [0.15, 0.2) is 0 Å². The van der Waals surface area contributed by atoms with Gasteiger partial charge in [0.1, 0.15) is 18.1 Å². The van der Waals surface area contributed by atoms with Crippen LogP contribution in [0.5, 0.6) is 0 Å². The summed E-state index contributed by atoms with van der Waals surface area (Å²) in [7, 11) is 0. The van der Waals surface area contributed by atoms with Gasteiger partial charge in [0, 0.05) is 0 Å². The Kier molecular flexibility index (Phi) is 11.6. The summed E-state index contributed by atoms with van der Waals surface area (Å²) < 4.78 is 0. The molecule has 8 N–H and O–H groups in total. The molecule has 12 nitrogen and oxygen atoms in total. The van der Waals surface area contributed by atoms with Crippen molar-refractivity contribution in [2.24, 2.45) is 17.6 Å². The molecule has 0 bridgehead atoms. The van der Waals surface area contributed by atoms with E-state index in [1.54, 1.807) is 27.7 Å². The SMILES string of the molecule is CCC(C)C(NC(=O)C(N)C(C)C)C(=O)NC(CC(=O)O)C(=O)NC(CO)C(=O)O. The van der Waals surface area contributed by atoms with Crippen LogP contribution >= 0.6 is 0 Å². The quantitative estimate of drug-likeness (QED) is 0.172. The number of carboxylic acids is 2. The first-order valence-corrected chi connectivity index (χ1v) is 9.57. The Bertz CT molecular complexity index is 640. The molecule has 30 heavy (non-hydrogen) atoms. The molecule has 0 heterocycles. The van der Waals surface area contributed by atoms with Gasteiger partial charge in [-0.05, 0) is 11.8 Å². The van der Waals surface area contributed by atoms with Crippen LogP contribution in [0.25, 0.3) is 0 Å². The van der Waals surface area contributed by atoms with Gasteiger partial charge in [0.05, 0.1) is 19.1 Å². The lowest BCUT2D eigenvalue weighted by atomic mass is 9.96. The minimum atomic E-state index is -1.67. The number of carboxylic acid groups (broad SMARTS) is 2. The minimum Gasteiger partial charge on any atom is -0.481 e. The first-order chi connectivity index (χ1) is 13.8. The normalized spacial score (nSPS) is 16.0. The summed E-state index contributed by atoms with van der Waals surface area (Å²) in [6.45, 7) is 6.00. The highest BCUT2D eigenvalue weighted by molar-refractivity contribution is 5.95. The number of aliphatic hydroxyl groups excluding tert-OH is 1. The highest BCUT2D eigenvalue weighted by Gasteiger charge is 2.33. The van der Waals surface area contributed by atoms with E-state index in [0.717, 1.165) is 0 Å². The van der Waals surface area contributed by atoms with Crippen molar-refractivity contribution in [3.8, 4) is 0 Å². The lowest BCUT2D eigenvalue weighted by molar-refractivity contribution is -0.144. The molecular weight excluding hydrogens is 400 g/mol. The molecule has 3 amide bonds. The number of hydrogen-bond donors (Lipinski definition) is 7. The van der Waals surface area contributed by atoms with E-state index in [0.29, 0.717) is 6.42 Å². The second-order valence-corrected chi connectivity index (χ2v) is 7.38. The molecule has 0 aliphatic rings. The number of aliphatic carboxylic acids is 2. The predicted octanol–water partition coefficient (Wildman–Crippen LogP) is -1.98. The predicted molar refractivity (Wildman–Crippen MR) is 105 cm³/mol. The topological polar surface area (TPSA) is 208 Å². The Hall–Kier alpha value is -2.73. The van der Waals surface area contributed by atoms with E-state index >= 15 is 0 Å². The maximum absolute atomic E-state index is 12.8. The Morgan fingerprint density at radius 2 is 1.40 bits per heavy atom. The second-order valence-electron chi connectivity index (χ2n) is 7.38. The number of nitrogens with one attached hydrogen (secondary N) is 3. The number of carbonyl (C=O) groups excluding carboxylic acids is 3. The van der Waals surface area contributed by atoms with Gasteiger partial charge in [0.25, 0.3) is 0 Å². The summed E-state index contributed by atoms with van der Waals surface area (Å²) in [5, 5.41) is 33.7. The van der Waals surface area contributed by atoms with E-state index in [2.05, 4.69) is 10.6 Å². The summed E-state index contributed by atoms with van der Waals surface area (Å²) >= 11 is 0. The van der Waals surface area contributed by atoms with E-state index in [1.807, 2.05) is 5.32 Å². The van der Waals surface area contributed by atoms with Gasteiger partial charge in [-0.1, -0.05) is 34.1 Å². The standard InChI is InChI=1S/C18H32N4O8/c1-5-9(4)14(22-16(27)13(19)8(2)3)17(28)20-10(6-12(24)25)15(26)21-11(7-23)18(29)30/h8-11,13-14,23H,5-7,19H2,1-4H3,(H,20,28)(H,21,26)(H,22,27)(H,24,25)(H,29,30). The highest BCUT2D eigenvalue weighted by atomic mass is 16.4. The molecule has 5 unspecified atom stereocenters. The molecule has 0 rings (SSSR count). The van der Waals surface area contributed by atoms with Gasteiger partial charge < -0.3 is 37.0 Å².